The van der Waals surface area contributed by atoms with E-state index in [0.29, 0.717) is 12.0 Å². The first-order chi connectivity index (χ1) is 7.27. The fourth-order valence-corrected chi connectivity index (χ4v) is 1.42. The van der Waals surface area contributed by atoms with Crippen molar-refractivity contribution >= 4 is 0 Å². The molecule has 0 spiro atoms. The van der Waals surface area contributed by atoms with Crippen LogP contribution in [0.5, 0.6) is 0 Å². The summed E-state index contributed by atoms with van der Waals surface area (Å²) in [6.07, 6.45) is -4.03. The van der Waals surface area contributed by atoms with E-state index in [-0.39, 0.29) is 6.61 Å². The third kappa shape index (κ3) is 2.96. The topological polar surface area (TPSA) is 46.2 Å². The number of benzene rings is 1. The molecule has 0 fully saturated rings. The molecule has 0 amide bonds. The number of aliphatic hydroxyl groups excluding tert-OH is 1. The smallest absolute Gasteiger partial charge is 0.396 e. The van der Waals surface area contributed by atoms with Gasteiger partial charge in [-0.2, -0.15) is 13.2 Å². The molecule has 0 bridgehead atoms. The lowest BCUT2D eigenvalue weighted by Crippen LogP contribution is -2.34. The largest absolute Gasteiger partial charge is 0.416 e. The van der Waals surface area contributed by atoms with E-state index < -0.39 is 17.3 Å². The van der Waals surface area contributed by atoms with Crippen LogP contribution in [0.1, 0.15) is 24.5 Å². The normalized spacial score (nSPS) is 15.9. The molecule has 1 unspecified atom stereocenters. The highest BCUT2D eigenvalue weighted by Crippen LogP contribution is 2.30. The second-order valence-electron chi connectivity index (χ2n) is 3.97. The summed E-state index contributed by atoms with van der Waals surface area (Å²) in [5.41, 5.74) is 4.94. The van der Waals surface area contributed by atoms with Crippen LogP contribution >= 0.6 is 0 Å². The van der Waals surface area contributed by atoms with Crippen LogP contribution in [0.25, 0.3) is 0 Å². The molecule has 5 heteroatoms. The molecule has 90 valence electrons. The second kappa shape index (κ2) is 4.43. The maximum absolute atomic E-state index is 12.3. The van der Waals surface area contributed by atoms with Crippen LogP contribution in [-0.2, 0) is 11.7 Å². The van der Waals surface area contributed by atoms with Gasteiger partial charge in [-0.25, -0.2) is 0 Å². The zero-order chi connectivity index (χ0) is 12.4. The van der Waals surface area contributed by atoms with Gasteiger partial charge in [-0.3, -0.25) is 0 Å². The second-order valence-corrected chi connectivity index (χ2v) is 3.97. The molecule has 0 aliphatic heterocycles. The Kier molecular flexibility index (Phi) is 3.60. The first-order valence-electron chi connectivity index (χ1n) is 4.85. The summed E-state index contributed by atoms with van der Waals surface area (Å²) in [4.78, 5) is 0. The Morgan fingerprint density at radius 3 is 1.94 bits per heavy atom. The van der Waals surface area contributed by atoms with Crippen LogP contribution in [0, 0.1) is 0 Å². The summed E-state index contributed by atoms with van der Waals surface area (Å²) in [7, 11) is 0. The molecule has 0 saturated carbocycles. The van der Waals surface area contributed by atoms with Gasteiger partial charge in [-0.15, -0.1) is 0 Å². The summed E-state index contributed by atoms with van der Waals surface area (Å²) < 4.78 is 36.9. The molecule has 16 heavy (non-hydrogen) atoms. The van der Waals surface area contributed by atoms with Crippen LogP contribution in [0.4, 0.5) is 13.2 Å². The Balaban J connectivity index is 2.95. The Hall–Kier alpha value is -1.07. The molecule has 0 aromatic heterocycles. The summed E-state index contributed by atoms with van der Waals surface area (Å²) in [6, 6.07) is 4.69. The SMILES string of the molecule is CC(N)(CCO)c1ccc(C(F)(F)F)cc1. The molecule has 1 aromatic rings. The lowest BCUT2D eigenvalue weighted by atomic mass is 9.89. The van der Waals surface area contributed by atoms with Crippen LogP contribution in [0.2, 0.25) is 0 Å². The number of hydrogen-bond donors (Lipinski definition) is 2. The monoisotopic (exact) mass is 233 g/mol. The van der Waals surface area contributed by atoms with Gasteiger partial charge in [-0.1, -0.05) is 12.1 Å². The predicted octanol–water partition coefficient (Wildman–Crippen LogP) is 2.26. The minimum atomic E-state index is -4.33. The number of hydrogen-bond acceptors (Lipinski definition) is 2. The quantitative estimate of drug-likeness (QED) is 0.841. The average molecular weight is 233 g/mol. The van der Waals surface area contributed by atoms with E-state index in [1.807, 2.05) is 0 Å². The van der Waals surface area contributed by atoms with Crippen molar-refractivity contribution in [2.45, 2.75) is 25.1 Å². The first kappa shape index (κ1) is 13.0. The number of alkyl halides is 3. The van der Waals surface area contributed by atoms with Gasteiger partial charge in [0, 0.05) is 12.1 Å². The zero-order valence-electron chi connectivity index (χ0n) is 8.88. The van der Waals surface area contributed by atoms with E-state index in [9.17, 15) is 13.2 Å². The molecule has 0 saturated heterocycles. The van der Waals surface area contributed by atoms with E-state index in [0.717, 1.165) is 12.1 Å². The number of aliphatic hydroxyl groups is 1. The van der Waals surface area contributed by atoms with Crippen LogP contribution < -0.4 is 5.73 Å². The summed E-state index contributed by atoms with van der Waals surface area (Å²) in [5, 5.41) is 8.79. The summed E-state index contributed by atoms with van der Waals surface area (Å²) in [5.74, 6) is 0. The van der Waals surface area contributed by atoms with Gasteiger partial charge in [0.15, 0.2) is 0 Å². The Labute approximate surface area is 91.9 Å². The van der Waals surface area contributed by atoms with E-state index in [1.165, 1.54) is 12.1 Å². The molecular weight excluding hydrogens is 219 g/mol. The average Bonchev–Trinajstić information content (AvgIpc) is 2.16. The summed E-state index contributed by atoms with van der Waals surface area (Å²) in [6.45, 7) is 1.57. The molecular formula is C11H14F3NO. The molecule has 0 heterocycles. The van der Waals surface area contributed by atoms with Gasteiger partial charge >= 0.3 is 6.18 Å². The molecule has 0 aliphatic carbocycles. The zero-order valence-corrected chi connectivity index (χ0v) is 8.88. The van der Waals surface area contributed by atoms with Crippen molar-refractivity contribution in [2.75, 3.05) is 6.61 Å². The van der Waals surface area contributed by atoms with Crippen LogP contribution in [0.3, 0.4) is 0 Å². The van der Waals surface area contributed by atoms with Crippen molar-refractivity contribution in [3.63, 3.8) is 0 Å². The highest BCUT2D eigenvalue weighted by atomic mass is 19.4. The standard InChI is InChI=1S/C11H14F3NO/c1-10(15,6-7-16)8-2-4-9(5-3-8)11(12,13)14/h2-5,16H,6-7,15H2,1H3. The van der Waals surface area contributed by atoms with Crippen molar-refractivity contribution in [3.05, 3.63) is 35.4 Å². The minimum absolute atomic E-state index is 0.103. The fraction of sp³-hybridized carbons (Fsp3) is 0.455. The number of halogens is 3. The lowest BCUT2D eigenvalue weighted by molar-refractivity contribution is -0.137. The minimum Gasteiger partial charge on any atom is -0.396 e. The molecule has 1 aromatic carbocycles. The van der Waals surface area contributed by atoms with E-state index >= 15 is 0 Å². The van der Waals surface area contributed by atoms with Crippen LogP contribution in [-0.4, -0.2) is 11.7 Å². The molecule has 2 nitrogen and oxygen atoms in total. The Morgan fingerprint density at radius 2 is 1.56 bits per heavy atom. The summed E-state index contributed by atoms with van der Waals surface area (Å²) >= 11 is 0. The van der Waals surface area contributed by atoms with E-state index in [2.05, 4.69) is 0 Å². The highest BCUT2D eigenvalue weighted by molar-refractivity contribution is 5.29. The predicted molar refractivity (Wildman–Crippen MR) is 54.7 cm³/mol. The molecule has 3 N–H and O–H groups in total. The molecule has 0 radical (unpaired) electrons. The van der Waals surface area contributed by atoms with Gasteiger partial charge in [0.25, 0.3) is 0 Å². The Bertz CT molecular complexity index is 343. The van der Waals surface area contributed by atoms with Gasteiger partial charge in [0.1, 0.15) is 0 Å². The van der Waals surface area contributed by atoms with Gasteiger partial charge in [0.2, 0.25) is 0 Å². The number of nitrogens with two attached hydrogens (primary N) is 1. The molecule has 1 atom stereocenters. The van der Waals surface area contributed by atoms with Crippen molar-refractivity contribution in [2.24, 2.45) is 5.73 Å². The fourth-order valence-electron chi connectivity index (χ4n) is 1.42. The maximum Gasteiger partial charge on any atom is 0.416 e. The maximum atomic E-state index is 12.3. The Morgan fingerprint density at radius 1 is 1.12 bits per heavy atom. The first-order valence-corrected chi connectivity index (χ1v) is 4.85. The lowest BCUT2D eigenvalue weighted by Gasteiger charge is -2.24. The van der Waals surface area contributed by atoms with Gasteiger partial charge in [-0.05, 0) is 31.0 Å². The van der Waals surface area contributed by atoms with Crippen molar-refractivity contribution in [1.29, 1.82) is 0 Å². The van der Waals surface area contributed by atoms with Crippen molar-refractivity contribution in [1.82, 2.24) is 0 Å². The molecule has 0 aliphatic rings. The van der Waals surface area contributed by atoms with Crippen molar-refractivity contribution in [3.8, 4) is 0 Å². The number of rotatable bonds is 3. The molecule has 1 rings (SSSR count). The highest BCUT2D eigenvalue weighted by Gasteiger charge is 2.30. The van der Waals surface area contributed by atoms with Crippen LogP contribution in [0.15, 0.2) is 24.3 Å². The third-order valence-electron chi connectivity index (χ3n) is 2.50. The van der Waals surface area contributed by atoms with Crippen molar-refractivity contribution < 1.29 is 18.3 Å². The van der Waals surface area contributed by atoms with Gasteiger partial charge < -0.3 is 10.8 Å². The van der Waals surface area contributed by atoms with E-state index in [1.54, 1.807) is 6.92 Å². The van der Waals surface area contributed by atoms with Gasteiger partial charge in [0.05, 0.1) is 5.56 Å². The van der Waals surface area contributed by atoms with E-state index in [4.69, 9.17) is 10.8 Å². The third-order valence-corrected chi connectivity index (χ3v) is 2.50.